The smallest absolute Gasteiger partial charge is 0.229 e. The Labute approximate surface area is 155 Å². The van der Waals surface area contributed by atoms with E-state index < -0.39 is 0 Å². The molecule has 9 heteroatoms. The summed E-state index contributed by atoms with van der Waals surface area (Å²) in [5.74, 6) is 2.10. The van der Waals surface area contributed by atoms with E-state index in [0.29, 0.717) is 31.3 Å². The molecule has 1 atom stereocenters. The molecule has 1 unspecified atom stereocenters. The first-order valence-corrected chi connectivity index (χ1v) is 9.35. The Morgan fingerprint density at radius 2 is 2.23 bits per heavy atom. The van der Waals surface area contributed by atoms with Crippen molar-refractivity contribution in [1.82, 2.24) is 20.1 Å². The molecule has 4 heterocycles. The Morgan fingerprint density at radius 3 is 3.08 bits per heavy atom. The van der Waals surface area contributed by atoms with Crippen LogP contribution in [-0.2, 0) is 22.5 Å². The highest BCUT2D eigenvalue weighted by atomic mass is 32.1. The number of anilines is 1. The minimum atomic E-state index is -0.0235. The van der Waals surface area contributed by atoms with E-state index >= 15 is 0 Å². The summed E-state index contributed by atoms with van der Waals surface area (Å²) in [6, 6.07) is 0. The van der Waals surface area contributed by atoms with E-state index in [9.17, 15) is 0 Å². The summed E-state index contributed by atoms with van der Waals surface area (Å²) in [6.45, 7) is 6.77. The van der Waals surface area contributed by atoms with Gasteiger partial charge in [0, 0.05) is 25.1 Å². The number of nitrogens with zero attached hydrogens (tertiary/aromatic N) is 5. The number of thiophene rings is 1. The lowest BCUT2D eigenvalue weighted by atomic mass is 10.1. The Morgan fingerprint density at radius 1 is 1.35 bits per heavy atom. The van der Waals surface area contributed by atoms with Crippen LogP contribution in [0.4, 0.5) is 5.82 Å². The molecule has 1 fully saturated rings. The van der Waals surface area contributed by atoms with Crippen molar-refractivity contribution in [2.75, 3.05) is 31.7 Å². The number of aromatic nitrogens is 4. The maximum atomic E-state index is 5.91. The standard InChI is InChI=1S/C17H21N5O3S/c1-10-11(2)26-17-15(10)16(18-9-19-17)22-4-5-24-12(7-22)6-14-20-13(8-23-3)21-25-14/h9,12H,4-8H2,1-3H3. The van der Waals surface area contributed by atoms with Gasteiger partial charge in [0.05, 0.1) is 24.5 Å². The largest absolute Gasteiger partial charge is 0.377 e. The van der Waals surface area contributed by atoms with Crippen molar-refractivity contribution in [3.63, 3.8) is 0 Å². The van der Waals surface area contributed by atoms with E-state index in [-0.39, 0.29) is 6.10 Å². The van der Waals surface area contributed by atoms with Gasteiger partial charge in [0.1, 0.15) is 23.6 Å². The van der Waals surface area contributed by atoms with Crippen molar-refractivity contribution in [1.29, 1.82) is 0 Å². The van der Waals surface area contributed by atoms with E-state index in [0.717, 1.165) is 29.1 Å². The number of aryl methyl sites for hydroxylation is 2. The lowest BCUT2D eigenvalue weighted by molar-refractivity contribution is 0.0360. The molecule has 1 aliphatic heterocycles. The first kappa shape index (κ1) is 17.3. The van der Waals surface area contributed by atoms with Gasteiger partial charge in [-0.25, -0.2) is 9.97 Å². The fraction of sp³-hybridized carbons (Fsp3) is 0.529. The Kier molecular flexibility index (Phi) is 4.84. The highest BCUT2D eigenvalue weighted by Gasteiger charge is 2.26. The molecule has 0 amide bonds. The number of methoxy groups -OCH3 is 1. The summed E-state index contributed by atoms with van der Waals surface area (Å²) in [6.07, 6.45) is 2.19. The van der Waals surface area contributed by atoms with E-state index in [1.807, 2.05) is 0 Å². The number of hydrogen-bond acceptors (Lipinski definition) is 9. The normalized spacial score (nSPS) is 18.0. The van der Waals surface area contributed by atoms with Gasteiger partial charge in [0.25, 0.3) is 0 Å². The van der Waals surface area contributed by atoms with E-state index in [1.54, 1.807) is 24.8 Å². The summed E-state index contributed by atoms with van der Waals surface area (Å²) in [4.78, 5) is 17.9. The van der Waals surface area contributed by atoms with Gasteiger partial charge in [-0.15, -0.1) is 11.3 Å². The van der Waals surface area contributed by atoms with Crippen LogP contribution in [0.25, 0.3) is 10.2 Å². The molecule has 3 aromatic heterocycles. The predicted molar refractivity (Wildman–Crippen MR) is 97.6 cm³/mol. The summed E-state index contributed by atoms with van der Waals surface area (Å²) in [7, 11) is 1.61. The lowest BCUT2D eigenvalue weighted by Gasteiger charge is -2.33. The minimum absolute atomic E-state index is 0.0235. The second-order valence-electron chi connectivity index (χ2n) is 6.34. The van der Waals surface area contributed by atoms with Crippen LogP contribution in [0.5, 0.6) is 0 Å². The first-order valence-electron chi connectivity index (χ1n) is 8.53. The molecule has 0 saturated carbocycles. The van der Waals surface area contributed by atoms with Crippen LogP contribution in [0.3, 0.4) is 0 Å². The third-order valence-corrected chi connectivity index (χ3v) is 5.68. The van der Waals surface area contributed by atoms with Crippen molar-refractivity contribution in [3.8, 4) is 0 Å². The van der Waals surface area contributed by atoms with Gasteiger partial charge in [-0.3, -0.25) is 0 Å². The summed E-state index contributed by atoms with van der Waals surface area (Å²) >= 11 is 1.71. The zero-order valence-corrected chi connectivity index (χ0v) is 15.9. The van der Waals surface area contributed by atoms with Crippen LogP contribution in [0.2, 0.25) is 0 Å². The summed E-state index contributed by atoms with van der Waals surface area (Å²) in [5.41, 5.74) is 1.25. The van der Waals surface area contributed by atoms with Gasteiger partial charge in [0.2, 0.25) is 5.89 Å². The van der Waals surface area contributed by atoms with Gasteiger partial charge in [-0.1, -0.05) is 5.16 Å². The minimum Gasteiger partial charge on any atom is -0.377 e. The van der Waals surface area contributed by atoms with Gasteiger partial charge in [0.15, 0.2) is 5.82 Å². The zero-order chi connectivity index (χ0) is 18.1. The van der Waals surface area contributed by atoms with Crippen molar-refractivity contribution in [2.24, 2.45) is 0 Å². The van der Waals surface area contributed by atoms with Crippen LogP contribution < -0.4 is 4.90 Å². The molecular weight excluding hydrogens is 354 g/mol. The molecule has 8 nitrogen and oxygen atoms in total. The third kappa shape index (κ3) is 3.29. The molecule has 3 aromatic rings. The molecule has 0 N–H and O–H groups in total. The van der Waals surface area contributed by atoms with Crippen LogP contribution in [0.15, 0.2) is 10.9 Å². The first-order chi connectivity index (χ1) is 12.7. The highest BCUT2D eigenvalue weighted by molar-refractivity contribution is 7.18. The van der Waals surface area contributed by atoms with Crippen LogP contribution in [0.1, 0.15) is 22.2 Å². The second kappa shape index (κ2) is 7.26. The Balaban J connectivity index is 1.53. The van der Waals surface area contributed by atoms with Gasteiger partial charge < -0.3 is 18.9 Å². The molecule has 1 aliphatic rings. The molecule has 0 radical (unpaired) electrons. The number of rotatable bonds is 5. The van der Waals surface area contributed by atoms with E-state index in [2.05, 4.69) is 38.9 Å². The topological polar surface area (TPSA) is 86.4 Å². The maximum absolute atomic E-state index is 5.91. The fourth-order valence-corrected chi connectivity index (χ4v) is 4.19. The average molecular weight is 375 g/mol. The fourth-order valence-electron chi connectivity index (χ4n) is 3.19. The molecule has 1 saturated heterocycles. The van der Waals surface area contributed by atoms with E-state index in [4.69, 9.17) is 14.0 Å². The van der Waals surface area contributed by atoms with Crippen molar-refractivity contribution < 1.29 is 14.0 Å². The van der Waals surface area contributed by atoms with Crippen molar-refractivity contribution in [2.45, 2.75) is 33.0 Å². The number of fused-ring (bicyclic) bond motifs is 1. The average Bonchev–Trinajstić information content (AvgIpc) is 3.20. The SMILES string of the molecule is COCc1noc(CC2CN(c3ncnc4sc(C)c(C)c34)CCO2)n1. The predicted octanol–water partition coefficient (Wildman–Crippen LogP) is 2.29. The molecule has 0 bridgehead atoms. The molecule has 138 valence electrons. The number of morpholine rings is 1. The quantitative estimate of drug-likeness (QED) is 0.671. The third-order valence-electron chi connectivity index (χ3n) is 4.57. The molecule has 0 aliphatic carbocycles. The molecule has 0 spiro atoms. The van der Waals surface area contributed by atoms with Crippen LogP contribution in [-0.4, -0.2) is 53.0 Å². The Hall–Kier alpha value is -2.10. The molecular formula is C17H21N5O3S. The maximum Gasteiger partial charge on any atom is 0.229 e. The molecule has 0 aromatic carbocycles. The number of ether oxygens (including phenoxy) is 2. The molecule has 26 heavy (non-hydrogen) atoms. The second-order valence-corrected chi connectivity index (χ2v) is 7.54. The highest BCUT2D eigenvalue weighted by Crippen LogP contribution is 2.34. The number of hydrogen-bond donors (Lipinski definition) is 0. The van der Waals surface area contributed by atoms with Gasteiger partial charge in [-0.05, 0) is 19.4 Å². The lowest BCUT2D eigenvalue weighted by Crippen LogP contribution is -2.44. The molecule has 4 rings (SSSR count). The monoisotopic (exact) mass is 375 g/mol. The van der Waals surface area contributed by atoms with Crippen LogP contribution in [0, 0.1) is 13.8 Å². The van der Waals surface area contributed by atoms with E-state index in [1.165, 1.54) is 10.4 Å². The van der Waals surface area contributed by atoms with Crippen molar-refractivity contribution >= 4 is 27.4 Å². The zero-order valence-electron chi connectivity index (χ0n) is 15.1. The summed E-state index contributed by atoms with van der Waals surface area (Å²) in [5, 5.41) is 5.05. The van der Waals surface area contributed by atoms with Gasteiger partial charge in [-0.2, -0.15) is 4.98 Å². The summed E-state index contributed by atoms with van der Waals surface area (Å²) < 4.78 is 16.2. The van der Waals surface area contributed by atoms with Gasteiger partial charge >= 0.3 is 0 Å². The van der Waals surface area contributed by atoms with Crippen molar-refractivity contribution in [3.05, 3.63) is 28.5 Å². The van der Waals surface area contributed by atoms with Crippen LogP contribution >= 0.6 is 11.3 Å². The Bertz CT molecular complexity index is 909.